The summed E-state index contributed by atoms with van der Waals surface area (Å²) in [5, 5.41) is 2.07. The van der Waals surface area contributed by atoms with Gasteiger partial charge in [0, 0.05) is 13.1 Å². The number of carbonyl (C=O) groups is 1. The molecule has 1 fully saturated rings. The number of nitrogens with one attached hydrogen (secondary N) is 1. The van der Waals surface area contributed by atoms with Crippen LogP contribution in [0.2, 0.25) is 0 Å². The fraction of sp³-hybridized carbons (Fsp3) is 0.909. The largest absolute Gasteiger partial charge is 0.459 e. The van der Waals surface area contributed by atoms with Gasteiger partial charge in [-0.3, -0.25) is 4.79 Å². The average molecular weight is 214 g/mol. The highest BCUT2D eigenvalue weighted by atomic mass is 16.6. The molecule has 4 heteroatoms. The lowest BCUT2D eigenvalue weighted by atomic mass is 10.1. The molecule has 1 N–H and O–H groups in total. The molecule has 1 saturated heterocycles. The van der Waals surface area contributed by atoms with Crippen LogP contribution in [0.15, 0.2) is 0 Å². The molecule has 1 aliphatic rings. The lowest BCUT2D eigenvalue weighted by Crippen LogP contribution is -2.53. The van der Waals surface area contributed by atoms with E-state index in [1.165, 1.54) is 0 Å². The maximum atomic E-state index is 11.8. The summed E-state index contributed by atoms with van der Waals surface area (Å²) >= 11 is 0. The SMILES string of the molecule is CCN1CCCC(C(=O)OC(C)(C)C)N1. The molecule has 1 rings (SSSR count). The summed E-state index contributed by atoms with van der Waals surface area (Å²) in [6, 6.07) is -0.169. The lowest BCUT2D eigenvalue weighted by molar-refractivity contribution is -0.160. The normalized spacial score (nSPS) is 23.9. The molecule has 0 spiro atoms. The smallest absolute Gasteiger partial charge is 0.325 e. The van der Waals surface area contributed by atoms with Gasteiger partial charge < -0.3 is 4.74 Å². The molecule has 0 aromatic heterocycles. The highest BCUT2D eigenvalue weighted by Crippen LogP contribution is 2.13. The van der Waals surface area contributed by atoms with E-state index in [4.69, 9.17) is 4.74 Å². The molecule has 88 valence electrons. The van der Waals surface area contributed by atoms with Crippen LogP contribution in [0, 0.1) is 0 Å². The third-order valence-corrected chi connectivity index (χ3v) is 2.33. The molecule has 0 radical (unpaired) electrons. The number of rotatable bonds is 2. The summed E-state index contributed by atoms with van der Waals surface area (Å²) in [5.41, 5.74) is 2.79. The Kier molecular flexibility index (Phi) is 4.11. The molecular weight excluding hydrogens is 192 g/mol. The van der Waals surface area contributed by atoms with E-state index in [1.54, 1.807) is 0 Å². The molecule has 0 amide bonds. The van der Waals surface area contributed by atoms with Gasteiger partial charge in [-0.05, 0) is 33.6 Å². The van der Waals surface area contributed by atoms with E-state index in [9.17, 15) is 4.79 Å². The number of esters is 1. The van der Waals surface area contributed by atoms with Gasteiger partial charge in [0.15, 0.2) is 0 Å². The van der Waals surface area contributed by atoms with Gasteiger partial charge in [-0.25, -0.2) is 10.4 Å². The zero-order valence-corrected chi connectivity index (χ0v) is 10.2. The molecule has 1 heterocycles. The zero-order valence-electron chi connectivity index (χ0n) is 10.2. The van der Waals surface area contributed by atoms with Crippen molar-refractivity contribution in [3.05, 3.63) is 0 Å². The number of hydrogen-bond acceptors (Lipinski definition) is 4. The first-order valence-electron chi connectivity index (χ1n) is 5.66. The van der Waals surface area contributed by atoms with Gasteiger partial charge in [0.2, 0.25) is 0 Å². The minimum atomic E-state index is -0.396. The van der Waals surface area contributed by atoms with Crippen molar-refractivity contribution >= 4 is 5.97 Å². The Bertz CT molecular complexity index is 223. The van der Waals surface area contributed by atoms with E-state index in [0.717, 1.165) is 25.9 Å². The zero-order chi connectivity index (χ0) is 11.5. The first-order valence-corrected chi connectivity index (χ1v) is 5.66. The Balaban J connectivity index is 2.45. The minimum Gasteiger partial charge on any atom is -0.459 e. The summed E-state index contributed by atoms with van der Waals surface area (Å²) in [6.07, 6.45) is 1.91. The highest BCUT2D eigenvalue weighted by molar-refractivity contribution is 5.76. The van der Waals surface area contributed by atoms with Crippen molar-refractivity contribution < 1.29 is 9.53 Å². The van der Waals surface area contributed by atoms with Crippen molar-refractivity contribution in [2.75, 3.05) is 13.1 Å². The van der Waals surface area contributed by atoms with Gasteiger partial charge in [-0.15, -0.1) is 0 Å². The lowest BCUT2D eigenvalue weighted by Gasteiger charge is -2.33. The monoisotopic (exact) mass is 214 g/mol. The van der Waals surface area contributed by atoms with Crippen molar-refractivity contribution in [2.24, 2.45) is 0 Å². The summed E-state index contributed by atoms with van der Waals surface area (Å²) in [5.74, 6) is -0.138. The number of carbonyl (C=O) groups excluding carboxylic acids is 1. The van der Waals surface area contributed by atoms with E-state index in [-0.39, 0.29) is 12.0 Å². The van der Waals surface area contributed by atoms with Gasteiger partial charge in [0.1, 0.15) is 11.6 Å². The van der Waals surface area contributed by atoms with Crippen LogP contribution in [0.25, 0.3) is 0 Å². The van der Waals surface area contributed by atoms with Gasteiger partial charge in [-0.1, -0.05) is 6.92 Å². The molecule has 0 bridgehead atoms. The predicted molar refractivity (Wildman–Crippen MR) is 59.2 cm³/mol. The maximum absolute atomic E-state index is 11.8. The summed E-state index contributed by atoms with van der Waals surface area (Å²) < 4.78 is 5.34. The number of hydrogen-bond donors (Lipinski definition) is 1. The molecule has 0 aliphatic carbocycles. The summed E-state index contributed by atoms with van der Waals surface area (Å²) in [7, 11) is 0. The predicted octanol–water partition coefficient (Wildman–Crippen LogP) is 1.32. The van der Waals surface area contributed by atoms with E-state index < -0.39 is 5.60 Å². The molecule has 15 heavy (non-hydrogen) atoms. The fourth-order valence-corrected chi connectivity index (χ4v) is 1.63. The standard InChI is InChI=1S/C11H22N2O2/c1-5-13-8-6-7-9(12-13)10(14)15-11(2,3)4/h9,12H,5-8H2,1-4H3. The molecule has 0 saturated carbocycles. The van der Waals surface area contributed by atoms with Gasteiger partial charge in [0.25, 0.3) is 0 Å². The fourth-order valence-electron chi connectivity index (χ4n) is 1.63. The Morgan fingerprint density at radius 2 is 2.20 bits per heavy atom. The Morgan fingerprint density at radius 3 is 2.73 bits per heavy atom. The van der Waals surface area contributed by atoms with Crippen LogP contribution in [-0.4, -0.2) is 35.7 Å². The first-order chi connectivity index (χ1) is 6.92. The second-order valence-electron chi connectivity index (χ2n) is 4.94. The van der Waals surface area contributed by atoms with Crippen molar-refractivity contribution in [3.8, 4) is 0 Å². The van der Waals surface area contributed by atoms with Crippen molar-refractivity contribution in [2.45, 2.75) is 52.2 Å². The van der Waals surface area contributed by atoms with Crippen LogP contribution in [0.3, 0.4) is 0 Å². The van der Waals surface area contributed by atoms with Crippen LogP contribution >= 0.6 is 0 Å². The minimum absolute atomic E-state index is 0.138. The second kappa shape index (κ2) is 4.94. The van der Waals surface area contributed by atoms with Crippen LogP contribution in [0.5, 0.6) is 0 Å². The number of ether oxygens (including phenoxy) is 1. The molecule has 0 aromatic carbocycles. The Morgan fingerprint density at radius 1 is 1.53 bits per heavy atom. The van der Waals surface area contributed by atoms with Gasteiger partial charge >= 0.3 is 5.97 Å². The van der Waals surface area contributed by atoms with E-state index in [1.807, 2.05) is 20.8 Å². The molecule has 0 aromatic rings. The van der Waals surface area contributed by atoms with Crippen molar-refractivity contribution in [1.29, 1.82) is 0 Å². The van der Waals surface area contributed by atoms with E-state index in [2.05, 4.69) is 17.4 Å². The summed E-state index contributed by atoms with van der Waals surface area (Å²) in [4.78, 5) is 11.8. The van der Waals surface area contributed by atoms with Gasteiger partial charge in [-0.2, -0.15) is 0 Å². The average Bonchev–Trinajstić information content (AvgIpc) is 2.15. The molecular formula is C11H22N2O2. The quantitative estimate of drug-likeness (QED) is 0.704. The number of nitrogens with zero attached hydrogens (tertiary/aromatic N) is 1. The van der Waals surface area contributed by atoms with Crippen LogP contribution in [0.1, 0.15) is 40.5 Å². The second-order valence-corrected chi connectivity index (χ2v) is 4.94. The maximum Gasteiger partial charge on any atom is 0.325 e. The first kappa shape index (κ1) is 12.5. The molecule has 1 unspecified atom stereocenters. The van der Waals surface area contributed by atoms with Crippen LogP contribution in [0.4, 0.5) is 0 Å². The van der Waals surface area contributed by atoms with Gasteiger partial charge in [0.05, 0.1) is 0 Å². The van der Waals surface area contributed by atoms with Crippen LogP contribution in [-0.2, 0) is 9.53 Å². The van der Waals surface area contributed by atoms with Crippen molar-refractivity contribution in [1.82, 2.24) is 10.4 Å². The molecule has 1 atom stereocenters. The van der Waals surface area contributed by atoms with Crippen molar-refractivity contribution in [3.63, 3.8) is 0 Å². The summed E-state index contributed by atoms with van der Waals surface area (Å²) in [6.45, 7) is 9.68. The highest BCUT2D eigenvalue weighted by Gasteiger charge is 2.28. The van der Waals surface area contributed by atoms with E-state index in [0.29, 0.717) is 0 Å². The number of hydrazine groups is 1. The third kappa shape index (κ3) is 4.18. The Labute approximate surface area is 91.9 Å². The molecule has 1 aliphatic heterocycles. The molecule has 4 nitrogen and oxygen atoms in total. The van der Waals surface area contributed by atoms with Crippen LogP contribution < -0.4 is 5.43 Å². The topological polar surface area (TPSA) is 41.6 Å². The van der Waals surface area contributed by atoms with E-state index >= 15 is 0 Å². The Hall–Kier alpha value is -0.610. The third-order valence-electron chi connectivity index (χ3n) is 2.33.